The molecule has 0 aromatic heterocycles. The summed E-state index contributed by atoms with van der Waals surface area (Å²) in [4.78, 5) is 0. The number of ether oxygens (including phenoxy) is 1. The number of hydrogen-bond donors (Lipinski definition) is 1. The van der Waals surface area contributed by atoms with Crippen LogP contribution in [-0.2, 0) is 12.8 Å². The van der Waals surface area contributed by atoms with Gasteiger partial charge in [-0.15, -0.1) is 0 Å². The molecule has 0 heterocycles. The largest absolute Gasteiger partial charge is 0.490 e. The third-order valence-electron chi connectivity index (χ3n) is 1.87. The lowest BCUT2D eigenvalue weighted by atomic mass is 10.1. The van der Waals surface area contributed by atoms with Gasteiger partial charge < -0.3 is 9.84 Å². The van der Waals surface area contributed by atoms with E-state index < -0.39 is 37.4 Å². The first-order chi connectivity index (χ1) is 7.49. The molecule has 90 valence electrons. The van der Waals surface area contributed by atoms with Gasteiger partial charge >= 0.3 is 6.18 Å². The average molecular weight is 238 g/mol. The molecular weight excluding hydrogens is 228 g/mol. The molecule has 1 rings (SSSR count). The van der Waals surface area contributed by atoms with Crippen molar-refractivity contribution >= 4 is 0 Å². The van der Waals surface area contributed by atoms with E-state index in [1.54, 1.807) is 0 Å². The fourth-order valence-electron chi connectivity index (χ4n) is 1.17. The predicted octanol–water partition coefficient (Wildman–Crippen LogP) is 2.55. The highest BCUT2D eigenvalue weighted by molar-refractivity contribution is 5.39. The molecule has 0 unspecified atom stereocenters. The zero-order valence-corrected chi connectivity index (χ0v) is 8.22. The molecule has 0 bridgehead atoms. The zero-order chi connectivity index (χ0) is 12.2. The second-order valence-electron chi connectivity index (χ2n) is 3.02. The molecule has 0 aliphatic carbocycles. The first kappa shape index (κ1) is 12.8. The van der Waals surface area contributed by atoms with Crippen LogP contribution in [-0.4, -0.2) is 18.4 Å². The molecule has 0 atom stereocenters. The van der Waals surface area contributed by atoms with Crippen molar-refractivity contribution in [3.8, 4) is 5.75 Å². The Balaban J connectivity index is 3.06. The standard InChI is InChI=1S/C10H10F4O2/c11-3-4-16-9-2-1-7(6-15)5-8(9)10(12,13)14/h1-2,5,15H,3-4,6H2. The molecule has 0 saturated heterocycles. The van der Waals surface area contributed by atoms with Gasteiger partial charge in [0.05, 0.1) is 12.2 Å². The van der Waals surface area contributed by atoms with E-state index in [9.17, 15) is 17.6 Å². The van der Waals surface area contributed by atoms with Crippen molar-refractivity contribution in [2.75, 3.05) is 13.3 Å². The summed E-state index contributed by atoms with van der Waals surface area (Å²) in [7, 11) is 0. The molecule has 0 spiro atoms. The van der Waals surface area contributed by atoms with E-state index in [2.05, 4.69) is 4.74 Å². The minimum atomic E-state index is -4.59. The summed E-state index contributed by atoms with van der Waals surface area (Å²) in [5, 5.41) is 8.73. The maximum absolute atomic E-state index is 12.5. The number of hydrogen-bond acceptors (Lipinski definition) is 2. The van der Waals surface area contributed by atoms with Crippen LogP contribution in [0.25, 0.3) is 0 Å². The second-order valence-corrected chi connectivity index (χ2v) is 3.02. The van der Waals surface area contributed by atoms with Crippen LogP contribution in [0.1, 0.15) is 11.1 Å². The van der Waals surface area contributed by atoms with E-state index in [-0.39, 0.29) is 5.56 Å². The molecule has 1 aromatic carbocycles. The Hall–Kier alpha value is -1.30. The van der Waals surface area contributed by atoms with Crippen LogP contribution in [0, 0.1) is 0 Å². The van der Waals surface area contributed by atoms with Crippen molar-refractivity contribution in [3.05, 3.63) is 29.3 Å². The molecule has 6 heteroatoms. The highest BCUT2D eigenvalue weighted by Crippen LogP contribution is 2.36. The summed E-state index contributed by atoms with van der Waals surface area (Å²) in [6.45, 7) is -1.78. The Kier molecular flexibility index (Phi) is 4.12. The average Bonchev–Trinajstić information content (AvgIpc) is 2.25. The molecule has 0 saturated carbocycles. The summed E-state index contributed by atoms with van der Waals surface area (Å²) in [6, 6.07) is 3.15. The van der Waals surface area contributed by atoms with Gasteiger partial charge in [0.2, 0.25) is 0 Å². The SMILES string of the molecule is OCc1ccc(OCCF)c(C(F)(F)F)c1. The first-order valence-electron chi connectivity index (χ1n) is 4.48. The highest BCUT2D eigenvalue weighted by Gasteiger charge is 2.34. The molecule has 16 heavy (non-hydrogen) atoms. The maximum atomic E-state index is 12.5. The van der Waals surface area contributed by atoms with Gasteiger partial charge in [0.25, 0.3) is 0 Å². The number of alkyl halides is 4. The van der Waals surface area contributed by atoms with E-state index >= 15 is 0 Å². The summed E-state index contributed by atoms with van der Waals surface area (Å²) in [5.41, 5.74) is -0.882. The summed E-state index contributed by atoms with van der Waals surface area (Å²) in [5.74, 6) is -0.428. The lowest BCUT2D eigenvalue weighted by Gasteiger charge is -2.14. The van der Waals surface area contributed by atoms with Gasteiger partial charge in [-0.05, 0) is 17.7 Å². The van der Waals surface area contributed by atoms with Crippen molar-refractivity contribution in [3.63, 3.8) is 0 Å². The minimum absolute atomic E-state index is 0.125. The third-order valence-corrected chi connectivity index (χ3v) is 1.87. The van der Waals surface area contributed by atoms with Crippen LogP contribution in [0.4, 0.5) is 17.6 Å². The highest BCUT2D eigenvalue weighted by atomic mass is 19.4. The van der Waals surface area contributed by atoms with Crippen LogP contribution in [0.2, 0.25) is 0 Å². The van der Waals surface area contributed by atoms with Gasteiger partial charge in [0.15, 0.2) is 0 Å². The number of aliphatic hydroxyl groups is 1. The molecule has 0 radical (unpaired) electrons. The van der Waals surface area contributed by atoms with E-state index in [1.807, 2.05) is 0 Å². The monoisotopic (exact) mass is 238 g/mol. The molecule has 0 fully saturated rings. The van der Waals surface area contributed by atoms with E-state index in [0.29, 0.717) is 0 Å². The van der Waals surface area contributed by atoms with Crippen LogP contribution < -0.4 is 4.74 Å². The smallest absolute Gasteiger partial charge is 0.419 e. The van der Waals surface area contributed by atoms with Crippen molar-refractivity contribution < 1.29 is 27.4 Å². The number of aliphatic hydroxyl groups excluding tert-OH is 1. The predicted molar refractivity (Wildman–Crippen MR) is 48.8 cm³/mol. The molecule has 1 N–H and O–H groups in total. The Morgan fingerprint density at radius 1 is 1.25 bits per heavy atom. The van der Waals surface area contributed by atoms with Gasteiger partial charge in [-0.1, -0.05) is 6.07 Å². The fourth-order valence-corrected chi connectivity index (χ4v) is 1.17. The van der Waals surface area contributed by atoms with E-state index in [0.717, 1.165) is 12.1 Å². The summed E-state index contributed by atoms with van der Waals surface area (Å²) in [6.07, 6.45) is -4.59. The number of benzene rings is 1. The van der Waals surface area contributed by atoms with Crippen LogP contribution >= 0.6 is 0 Å². The fraction of sp³-hybridized carbons (Fsp3) is 0.400. The van der Waals surface area contributed by atoms with E-state index in [4.69, 9.17) is 5.11 Å². The lowest BCUT2D eigenvalue weighted by molar-refractivity contribution is -0.139. The van der Waals surface area contributed by atoms with Crippen molar-refractivity contribution in [2.45, 2.75) is 12.8 Å². The van der Waals surface area contributed by atoms with Crippen LogP contribution in [0.5, 0.6) is 5.75 Å². The Bertz CT molecular complexity index is 349. The first-order valence-corrected chi connectivity index (χ1v) is 4.48. The second kappa shape index (κ2) is 5.16. The molecular formula is C10H10F4O2. The summed E-state index contributed by atoms with van der Waals surface area (Å²) >= 11 is 0. The molecule has 0 amide bonds. The minimum Gasteiger partial charge on any atom is -0.490 e. The van der Waals surface area contributed by atoms with Crippen LogP contribution in [0.3, 0.4) is 0 Å². The third kappa shape index (κ3) is 3.10. The summed E-state index contributed by atoms with van der Waals surface area (Å²) < 4.78 is 54.1. The Morgan fingerprint density at radius 3 is 2.44 bits per heavy atom. The Morgan fingerprint density at radius 2 is 1.94 bits per heavy atom. The zero-order valence-electron chi connectivity index (χ0n) is 8.22. The van der Waals surface area contributed by atoms with Crippen molar-refractivity contribution in [2.24, 2.45) is 0 Å². The van der Waals surface area contributed by atoms with Gasteiger partial charge in [-0.25, -0.2) is 4.39 Å². The van der Waals surface area contributed by atoms with Gasteiger partial charge in [0, 0.05) is 0 Å². The lowest BCUT2D eigenvalue weighted by Crippen LogP contribution is -2.10. The van der Waals surface area contributed by atoms with Gasteiger partial charge in [-0.3, -0.25) is 0 Å². The normalized spacial score (nSPS) is 11.6. The molecule has 0 aliphatic heterocycles. The van der Waals surface area contributed by atoms with Crippen molar-refractivity contribution in [1.82, 2.24) is 0 Å². The topological polar surface area (TPSA) is 29.5 Å². The van der Waals surface area contributed by atoms with E-state index in [1.165, 1.54) is 6.07 Å². The van der Waals surface area contributed by atoms with Gasteiger partial charge in [0.1, 0.15) is 19.0 Å². The number of halogens is 4. The molecule has 0 aliphatic rings. The molecule has 1 aromatic rings. The van der Waals surface area contributed by atoms with Gasteiger partial charge in [-0.2, -0.15) is 13.2 Å². The van der Waals surface area contributed by atoms with Crippen molar-refractivity contribution in [1.29, 1.82) is 0 Å². The maximum Gasteiger partial charge on any atom is 0.419 e. The Labute approximate surface area is 89.5 Å². The van der Waals surface area contributed by atoms with Crippen LogP contribution in [0.15, 0.2) is 18.2 Å². The molecule has 2 nitrogen and oxygen atoms in total. The quantitative estimate of drug-likeness (QED) is 0.817. The number of rotatable bonds is 4.